The Morgan fingerprint density at radius 2 is 1.45 bits per heavy atom. The average Bonchev–Trinajstić information content (AvgIpc) is 2.28. The fraction of sp³-hybridized carbons (Fsp3) is 0.905. The minimum Gasteiger partial charge on any atom is -0.377 e. The summed E-state index contributed by atoms with van der Waals surface area (Å²) in [5, 5.41) is 0. The van der Waals surface area contributed by atoms with E-state index in [1.807, 2.05) is 6.08 Å². The number of ether oxygens (including phenoxy) is 1. The molecule has 3 atom stereocenters. The van der Waals surface area contributed by atoms with Crippen LogP contribution in [0.1, 0.15) is 81.1 Å². The standard InChI is InChI=1S/C21H42O/c1-10-13-22-16-19(18(3)15-21(7,8)9)12-11-17(2)14-20(4,5)6/h10,17-19H,1,11-16H2,2-9H3. The Balaban J connectivity index is 4.48. The van der Waals surface area contributed by atoms with Crippen LogP contribution < -0.4 is 0 Å². The fourth-order valence-electron chi connectivity index (χ4n) is 3.61. The van der Waals surface area contributed by atoms with Crippen LogP contribution in [0.2, 0.25) is 0 Å². The molecule has 0 heterocycles. The highest BCUT2D eigenvalue weighted by Crippen LogP contribution is 2.33. The Hall–Kier alpha value is -0.300. The van der Waals surface area contributed by atoms with Gasteiger partial charge in [-0.25, -0.2) is 0 Å². The summed E-state index contributed by atoms with van der Waals surface area (Å²) in [5.41, 5.74) is 0.832. The van der Waals surface area contributed by atoms with Crippen molar-refractivity contribution >= 4 is 0 Å². The summed E-state index contributed by atoms with van der Waals surface area (Å²) in [7, 11) is 0. The molecule has 0 amide bonds. The summed E-state index contributed by atoms with van der Waals surface area (Å²) in [6, 6.07) is 0. The summed E-state index contributed by atoms with van der Waals surface area (Å²) in [6.45, 7) is 24.2. The molecule has 0 spiro atoms. The molecule has 0 aromatic carbocycles. The Bertz CT molecular complexity index is 292. The van der Waals surface area contributed by atoms with Gasteiger partial charge in [0.15, 0.2) is 0 Å². The van der Waals surface area contributed by atoms with Crippen LogP contribution in [0.5, 0.6) is 0 Å². The molecule has 0 aromatic heterocycles. The van der Waals surface area contributed by atoms with Gasteiger partial charge >= 0.3 is 0 Å². The smallest absolute Gasteiger partial charge is 0.0644 e. The zero-order valence-electron chi connectivity index (χ0n) is 16.7. The van der Waals surface area contributed by atoms with Crippen molar-refractivity contribution in [2.75, 3.05) is 13.2 Å². The van der Waals surface area contributed by atoms with Crippen LogP contribution in [0.15, 0.2) is 12.7 Å². The monoisotopic (exact) mass is 310 g/mol. The molecule has 132 valence electrons. The van der Waals surface area contributed by atoms with E-state index in [1.165, 1.54) is 25.7 Å². The molecule has 1 heteroatoms. The quantitative estimate of drug-likeness (QED) is 0.321. The minimum absolute atomic E-state index is 0.396. The maximum absolute atomic E-state index is 5.80. The lowest BCUT2D eigenvalue weighted by atomic mass is 9.76. The van der Waals surface area contributed by atoms with Gasteiger partial charge in [-0.15, -0.1) is 6.58 Å². The summed E-state index contributed by atoms with van der Waals surface area (Å²) in [4.78, 5) is 0. The first-order valence-corrected chi connectivity index (χ1v) is 9.13. The van der Waals surface area contributed by atoms with Crippen molar-refractivity contribution in [3.8, 4) is 0 Å². The maximum atomic E-state index is 5.80. The first-order valence-electron chi connectivity index (χ1n) is 9.13. The molecule has 0 fully saturated rings. The summed E-state index contributed by atoms with van der Waals surface area (Å²) >= 11 is 0. The molecular formula is C21H42O. The predicted octanol–water partition coefficient (Wildman–Crippen LogP) is 6.73. The van der Waals surface area contributed by atoms with Crippen LogP contribution in [0, 0.1) is 28.6 Å². The summed E-state index contributed by atoms with van der Waals surface area (Å²) < 4.78 is 5.80. The van der Waals surface area contributed by atoms with E-state index in [0.717, 1.165) is 12.5 Å². The first kappa shape index (κ1) is 21.7. The van der Waals surface area contributed by atoms with Gasteiger partial charge in [0.2, 0.25) is 0 Å². The molecule has 0 aliphatic heterocycles. The molecule has 0 aliphatic carbocycles. The van der Waals surface area contributed by atoms with Crippen molar-refractivity contribution < 1.29 is 4.74 Å². The van der Waals surface area contributed by atoms with Gasteiger partial charge < -0.3 is 4.74 Å². The van der Waals surface area contributed by atoms with Crippen LogP contribution in [-0.2, 0) is 4.74 Å². The Kier molecular flexibility index (Phi) is 9.62. The van der Waals surface area contributed by atoms with Crippen molar-refractivity contribution in [1.82, 2.24) is 0 Å². The third kappa shape index (κ3) is 12.3. The Labute approximate surface area is 140 Å². The Morgan fingerprint density at radius 3 is 1.91 bits per heavy atom. The SMILES string of the molecule is C=CCOCC(CCC(C)CC(C)(C)C)C(C)CC(C)(C)C. The third-order valence-electron chi connectivity index (χ3n) is 4.30. The van der Waals surface area contributed by atoms with Crippen LogP contribution in [0.4, 0.5) is 0 Å². The molecule has 22 heavy (non-hydrogen) atoms. The van der Waals surface area contributed by atoms with Crippen molar-refractivity contribution in [3.05, 3.63) is 12.7 Å². The van der Waals surface area contributed by atoms with Gasteiger partial charge in [0.1, 0.15) is 0 Å². The van der Waals surface area contributed by atoms with E-state index in [4.69, 9.17) is 4.74 Å². The second-order valence-corrected chi connectivity index (χ2v) is 9.78. The topological polar surface area (TPSA) is 9.23 Å². The van der Waals surface area contributed by atoms with E-state index < -0.39 is 0 Å². The molecule has 0 aliphatic rings. The van der Waals surface area contributed by atoms with E-state index in [2.05, 4.69) is 62.0 Å². The lowest BCUT2D eigenvalue weighted by Crippen LogP contribution is -2.24. The summed E-state index contributed by atoms with van der Waals surface area (Å²) in [5.74, 6) is 2.18. The molecule has 0 aromatic rings. The van der Waals surface area contributed by atoms with Crippen LogP contribution in [0.3, 0.4) is 0 Å². The highest BCUT2D eigenvalue weighted by Gasteiger charge is 2.24. The van der Waals surface area contributed by atoms with E-state index >= 15 is 0 Å². The van der Waals surface area contributed by atoms with E-state index in [1.54, 1.807) is 0 Å². The average molecular weight is 311 g/mol. The molecule has 0 N–H and O–H groups in total. The summed E-state index contributed by atoms with van der Waals surface area (Å²) in [6.07, 6.45) is 7.02. The van der Waals surface area contributed by atoms with Gasteiger partial charge in [-0.2, -0.15) is 0 Å². The van der Waals surface area contributed by atoms with E-state index in [-0.39, 0.29) is 0 Å². The zero-order valence-corrected chi connectivity index (χ0v) is 16.7. The fourth-order valence-corrected chi connectivity index (χ4v) is 3.61. The molecule has 3 unspecified atom stereocenters. The second-order valence-electron chi connectivity index (χ2n) is 9.78. The molecule has 0 saturated heterocycles. The molecular weight excluding hydrogens is 268 g/mol. The Morgan fingerprint density at radius 1 is 0.909 bits per heavy atom. The van der Waals surface area contributed by atoms with Crippen molar-refractivity contribution in [1.29, 1.82) is 0 Å². The molecule has 0 rings (SSSR count). The van der Waals surface area contributed by atoms with Gasteiger partial charge in [-0.3, -0.25) is 0 Å². The molecule has 0 saturated carbocycles. The normalized spacial score (nSPS) is 17.1. The number of rotatable bonds is 10. The second kappa shape index (κ2) is 9.75. The van der Waals surface area contributed by atoms with Crippen molar-refractivity contribution in [2.45, 2.75) is 81.1 Å². The van der Waals surface area contributed by atoms with Crippen LogP contribution in [-0.4, -0.2) is 13.2 Å². The van der Waals surface area contributed by atoms with Gasteiger partial charge in [0.25, 0.3) is 0 Å². The highest BCUT2D eigenvalue weighted by molar-refractivity contribution is 4.75. The molecule has 0 radical (unpaired) electrons. The van der Waals surface area contributed by atoms with Gasteiger partial charge in [-0.05, 0) is 47.8 Å². The molecule has 1 nitrogen and oxygen atoms in total. The van der Waals surface area contributed by atoms with Gasteiger partial charge in [0, 0.05) is 0 Å². The highest BCUT2D eigenvalue weighted by atomic mass is 16.5. The lowest BCUT2D eigenvalue weighted by Gasteiger charge is -2.31. The lowest BCUT2D eigenvalue weighted by molar-refractivity contribution is 0.0784. The number of hydrogen-bond donors (Lipinski definition) is 0. The zero-order chi connectivity index (χ0) is 17.4. The third-order valence-corrected chi connectivity index (χ3v) is 4.30. The largest absolute Gasteiger partial charge is 0.377 e. The van der Waals surface area contributed by atoms with E-state index in [9.17, 15) is 0 Å². The van der Waals surface area contributed by atoms with E-state index in [0.29, 0.717) is 29.3 Å². The predicted molar refractivity (Wildman–Crippen MR) is 100 cm³/mol. The minimum atomic E-state index is 0.396. The number of hydrogen-bond acceptors (Lipinski definition) is 1. The first-order chi connectivity index (χ1) is 9.94. The van der Waals surface area contributed by atoms with Gasteiger partial charge in [0.05, 0.1) is 13.2 Å². The maximum Gasteiger partial charge on any atom is 0.0644 e. The van der Waals surface area contributed by atoms with Crippen LogP contribution in [0.25, 0.3) is 0 Å². The van der Waals surface area contributed by atoms with Gasteiger partial charge in [-0.1, -0.05) is 67.9 Å². The van der Waals surface area contributed by atoms with Crippen molar-refractivity contribution in [2.24, 2.45) is 28.6 Å². The van der Waals surface area contributed by atoms with Crippen LogP contribution >= 0.6 is 0 Å². The molecule has 0 bridgehead atoms. The van der Waals surface area contributed by atoms with Crippen molar-refractivity contribution in [3.63, 3.8) is 0 Å².